The number of ether oxygens (including phenoxy) is 1. The maximum atomic E-state index is 12.3. The van der Waals surface area contributed by atoms with Crippen LogP contribution in [0.4, 0.5) is 5.69 Å². The van der Waals surface area contributed by atoms with Gasteiger partial charge in [0.2, 0.25) is 0 Å². The van der Waals surface area contributed by atoms with E-state index in [1.54, 1.807) is 23.7 Å². The van der Waals surface area contributed by atoms with Gasteiger partial charge >= 0.3 is 5.97 Å². The maximum absolute atomic E-state index is 12.3. The van der Waals surface area contributed by atoms with Crippen molar-refractivity contribution in [2.45, 2.75) is 40.7 Å². The van der Waals surface area contributed by atoms with E-state index in [0.29, 0.717) is 11.3 Å². The SMILES string of the molecule is Cc1cccc(C(=O)O[C@H](C)C(=O)Nc2c(C)nn(C)c2C)c1C. The second-order valence-electron chi connectivity index (χ2n) is 5.95. The molecule has 2 aromatic rings. The predicted molar refractivity (Wildman–Crippen MR) is 92.1 cm³/mol. The Morgan fingerprint density at radius 2 is 1.88 bits per heavy atom. The van der Waals surface area contributed by atoms with Gasteiger partial charge in [0.25, 0.3) is 5.91 Å². The lowest BCUT2D eigenvalue weighted by Crippen LogP contribution is -2.30. The molecule has 0 unspecified atom stereocenters. The summed E-state index contributed by atoms with van der Waals surface area (Å²) < 4.78 is 7.01. The largest absolute Gasteiger partial charge is 0.449 e. The number of amides is 1. The zero-order valence-electron chi connectivity index (χ0n) is 14.9. The van der Waals surface area contributed by atoms with Crippen molar-refractivity contribution in [1.82, 2.24) is 9.78 Å². The first-order chi connectivity index (χ1) is 11.2. The summed E-state index contributed by atoms with van der Waals surface area (Å²) in [6.45, 7) is 9.02. The van der Waals surface area contributed by atoms with Crippen LogP contribution in [0, 0.1) is 27.7 Å². The van der Waals surface area contributed by atoms with E-state index in [2.05, 4.69) is 10.4 Å². The number of rotatable bonds is 4. The minimum atomic E-state index is -0.906. The number of anilines is 1. The molecule has 0 aliphatic carbocycles. The summed E-state index contributed by atoms with van der Waals surface area (Å²) in [7, 11) is 1.81. The van der Waals surface area contributed by atoms with Crippen LogP contribution in [0.3, 0.4) is 0 Å². The maximum Gasteiger partial charge on any atom is 0.339 e. The van der Waals surface area contributed by atoms with Crippen LogP contribution in [-0.2, 0) is 16.6 Å². The van der Waals surface area contributed by atoms with E-state index < -0.39 is 12.1 Å². The van der Waals surface area contributed by atoms with E-state index in [-0.39, 0.29) is 5.91 Å². The van der Waals surface area contributed by atoms with Crippen molar-refractivity contribution in [3.63, 3.8) is 0 Å². The Labute approximate surface area is 141 Å². The average molecular weight is 329 g/mol. The summed E-state index contributed by atoms with van der Waals surface area (Å²) in [5.74, 6) is -0.883. The Balaban J connectivity index is 2.09. The van der Waals surface area contributed by atoms with Gasteiger partial charge in [0.1, 0.15) is 0 Å². The number of hydrogen-bond acceptors (Lipinski definition) is 4. The quantitative estimate of drug-likeness (QED) is 0.876. The minimum Gasteiger partial charge on any atom is -0.449 e. The molecule has 1 heterocycles. The molecule has 0 bridgehead atoms. The molecule has 128 valence electrons. The second kappa shape index (κ2) is 6.86. The molecule has 0 saturated carbocycles. The van der Waals surface area contributed by atoms with E-state index in [1.807, 2.05) is 40.8 Å². The lowest BCUT2D eigenvalue weighted by molar-refractivity contribution is -0.123. The van der Waals surface area contributed by atoms with Gasteiger partial charge in [-0.1, -0.05) is 12.1 Å². The molecule has 0 radical (unpaired) electrons. The number of benzene rings is 1. The van der Waals surface area contributed by atoms with Gasteiger partial charge in [-0.15, -0.1) is 0 Å². The lowest BCUT2D eigenvalue weighted by Gasteiger charge is -2.15. The zero-order valence-corrected chi connectivity index (χ0v) is 14.9. The van der Waals surface area contributed by atoms with E-state index in [4.69, 9.17) is 4.74 Å². The summed E-state index contributed by atoms with van der Waals surface area (Å²) in [6, 6.07) is 5.42. The summed E-state index contributed by atoms with van der Waals surface area (Å²) in [5.41, 5.74) is 4.54. The molecule has 1 aromatic heterocycles. The first-order valence-electron chi connectivity index (χ1n) is 7.80. The van der Waals surface area contributed by atoms with Gasteiger partial charge < -0.3 is 10.1 Å². The molecule has 6 heteroatoms. The number of carbonyl (C=O) groups excluding carboxylic acids is 2. The number of hydrogen-bond donors (Lipinski definition) is 1. The number of nitrogens with zero attached hydrogens (tertiary/aromatic N) is 2. The normalized spacial score (nSPS) is 11.9. The third-order valence-electron chi connectivity index (χ3n) is 4.23. The molecule has 0 spiro atoms. The molecule has 6 nitrogen and oxygen atoms in total. The fourth-order valence-electron chi connectivity index (χ4n) is 2.43. The van der Waals surface area contributed by atoms with Crippen molar-refractivity contribution in [1.29, 1.82) is 0 Å². The first-order valence-corrected chi connectivity index (χ1v) is 7.80. The molecular formula is C18H23N3O3. The van der Waals surface area contributed by atoms with Crippen LogP contribution in [0.25, 0.3) is 0 Å². The van der Waals surface area contributed by atoms with Gasteiger partial charge in [-0.3, -0.25) is 9.48 Å². The average Bonchev–Trinajstić information content (AvgIpc) is 2.76. The molecule has 1 aromatic carbocycles. The number of aryl methyl sites for hydroxylation is 3. The van der Waals surface area contributed by atoms with Crippen LogP contribution in [0.2, 0.25) is 0 Å². The standard InChI is InChI=1S/C18H23N3O3/c1-10-8-7-9-15(11(10)2)18(23)24-14(5)17(22)19-16-12(3)20-21(6)13(16)4/h7-9,14H,1-6H3,(H,19,22)/t14-/m1/s1. The molecule has 1 atom stereocenters. The summed E-state index contributed by atoms with van der Waals surface area (Å²) in [6.07, 6.45) is -0.906. The van der Waals surface area contributed by atoms with Gasteiger partial charge in [-0.2, -0.15) is 5.10 Å². The van der Waals surface area contributed by atoms with Gasteiger partial charge in [-0.25, -0.2) is 4.79 Å². The van der Waals surface area contributed by atoms with Crippen LogP contribution in [-0.4, -0.2) is 27.8 Å². The van der Waals surface area contributed by atoms with E-state index in [1.165, 1.54) is 0 Å². The number of aromatic nitrogens is 2. The van der Waals surface area contributed by atoms with Crippen molar-refractivity contribution in [2.24, 2.45) is 7.05 Å². The highest BCUT2D eigenvalue weighted by atomic mass is 16.5. The Morgan fingerprint density at radius 1 is 1.21 bits per heavy atom. The third kappa shape index (κ3) is 3.48. The fourth-order valence-corrected chi connectivity index (χ4v) is 2.43. The predicted octanol–water partition coefficient (Wildman–Crippen LogP) is 2.84. The first kappa shape index (κ1) is 17.7. The number of esters is 1. The van der Waals surface area contributed by atoms with Crippen LogP contribution < -0.4 is 5.32 Å². The topological polar surface area (TPSA) is 73.2 Å². The smallest absolute Gasteiger partial charge is 0.339 e. The highest BCUT2D eigenvalue weighted by Gasteiger charge is 2.22. The van der Waals surface area contributed by atoms with Gasteiger partial charge in [0, 0.05) is 7.05 Å². The molecule has 24 heavy (non-hydrogen) atoms. The summed E-state index contributed by atoms with van der Waals surface area (Å²) >= 11 is 0. The zero-order chi connectivity index (χ0) is 18.0. The van der Waals surface area contributed by atoms with Gasteiger partial charge in [0.05, 0.1) is 22.6 Å². The molecule has 0 aliphatic heterocycles. The Kier molecular flexibility index (Phi) is 5.07. The minimum absolute atomic E-state index is 0.382. The Morgan fingerprint density at radius 3 is 2.46 bits per heavy atom. The highest BCUT2D eigenvalue weighted by molar-refractivity contribution is 5.98. The Bertz CT molecular complexity index is 793. The van der Waals surface area contributed by atoms with Crippen LogP contribution in [0.5, 0.6) is 0 Å². The van der Waals surface area contributed by atoms with Crippen molar-refractivity contribution >= 4 is 17.6 Å². The van der Waals surface area contributed by atoms with E-state index in [9.17, 15) is 9.59 Å². The van der Waals surface area contributed by atoms with Gasteiger partial charge in [-0.05, 0) is 51.8 Å². The van der Waals surface area contributed by atoms with Crippen molar-refractivity contribution < 1.29 is 14.3 Å². The van der Waals surface area contributed by atoms with Crippen LogP contribution in [0.1, 0.15) is 39.8 Å². The highest BCUT2D eigenvalue weighted by Crippen LogP contribution is 2.19. The van der Waals surface area contributed by atoms with Crippen LogP contribution in [0.15, 0.2) is 18.2 Å². The molecule has 1 N–H and O–H groups in total. The molecule has 1 amide bonds. The van der Waals surface area contributed by atoms with Gasteiger partial charge in [0.15, 0.2) is 6.10 Å². The van der Waals surface area contributed by atoms with E-state index >= 15 is 0 Å². The second-order valence-corrected chi connectivity index (χ2v) is 5.95. The lowest BCUT2D eigenvalue weighted by atomic mass is 10.0. The summed E-state index contributed by atoms with van der Waals surface area (Å²) in [5, 5.41) is 7.03. The Hall–Kier alpha value is -2.63. The molecule has 2 rings (SSSR count). The monoisotopic (exact) mass is 329 g/mol. The molecular weight excluding hydrogens is 306 g/mol. The molecule has 0 saturated heterocycles. The van der Waals surface area contributed by atoms with Crippen LogP contribution >= 0.6 is 0 Å². The third-order valence-corrected chi connectivity index (χ3v) is 4.23. The van der Waals surface area contributed by atoms with Crippen molar-refractivity contribution in [3.8, 4) is 0 Å². The molecule has 0 aliphatic rings. The van der Waals surface area contributed by atoms with Crippen molar-refractivity contribution in [3.05, 3.63) is 46.3 Å². The van der Waals surface area contributed by atoms with E-state index in [0.717, 1.165) is 22.5 Å². The van der Waals surface area contributed by atoms with Crippen molar-refractivity contribution in [2.75, 3.05) is 5.32 Å². The summed E-state index contributed by atoms with van der Waals surface area (Å²) in [4.78, 5) is 24.6. The number of nitrogens with one attached hydrogen (secondary N) is 1. The molecule has 0 fully saturated rings. The number of carbonyl (C=O) groups is 2. The fraction of sp³-hybridized carbons (Fsp3) is 0.389.